The van der Waals surface area contributed by atoms with Gasteiger partial charge in [0.1, 0.15) is 0 Å². The van der Waals surface area contributed by atoms with Crippen molar-refractivity contribution < 1.29 is 4.74 Å². The van der Waals surface area contributed by atoms with E-state index in [4.69, 9.17) is 4.74 Å². The maximum absolute atomic E-state index is 5.50. The molecule has 1 aliphatic heterocycles. The molecule has 2 rings (SSSR count). The molecule has 0 amide bonds. The summed E-state index contributed by atoms with van der Waals surface area (Å²) in [5.74, 6) is 0.802. The number of morpholine rings is 1. The third kappa shape index (κ3) is 6.41. The minimum atomic E-state index is 0. The lowest BCUT2D eigenvalue weighted by atomic mass is 10.0. The molecular weight excluding hydrogens is 415 g/mol. The van der Waals surface area contributed by atoms with E-state index in [1.54, 1.807) is 7.05 Å². The van der Waals surface area contributed by atoms with Gasteiger partial charge in [-0.25, -0.2) is 0 Å². The first kappa shape index (κ1) is 20.9. The van der Waals surface area contributed by atoms with Gasteiger partial charge >= 0.3 is 0 Å². The van der Waals surface area contributed by atoms with Crippen molar-refractivity contribution in [1.29, 1.82) is 0 Å². The third-order valence-corrected chi connectivity index (χ3v) is 4.01. The van der Waals surface area contributed by atoms with Gasteiger partial charge in [0.05, 0.1) is 19.3 Å². The molecule has 0 spiro atoms. The molecule has 1 aliphatic rings. The summed E-state index contributed by atoms with van der Waals surface area (Å²) >= 11 is 0. The Hall–Kier alpha value is -1.12. The van der Waals surface area contributed by atoms with Crippen LogP contribution in [0.2, 0.25) is 0 Å². The van der Waals surface area contributed by atoms with Gasteiger partial charge in [0.2, 0.25) is 0 Å². The van der Waals surface area contributed by atoms with Gasteiger partial charge in [-0.2, -0.15) is 0 Å². The number of aliphatic imine (C=N–C) groups is 1. The molecule has 1 aromatic carbocycles. The summed E-state index contributed by atoms with van der Waals surface area (Å²) in [7, 11) is 1.79. The highest BCUT2D eigenvalue weighted by molar-refractivity contribution is 14.0. The summed E-state index contributed by atoms with van der Waals surface area (Å²) in [6.45, 7) is 10.9. The van der Waals surface area contributed by atoms with E-state index in [0.29, 0.717) is 12.6 Å². The smallest absolute Gasteiger partial charge is 0.191 e. The molecule has 0 radical (unpaired) electrons. The largest absolute Gasteiger partial charge is 0.379 e. The lowest BCUT2D eigenvalue weighted by Gasteiger charge is -2.35. The monoisotopic (exact) mass is 444 g/mol. The van der Waals surface area contributed by atoms with Gasteiger partial charge in [0, 0.05) is 33.2 Å². The van der Waals surface area contributed by atoms with E-state index in [-0.39, 0.29) is 24.0 Å². The first-order chi connectivity index (χ1) is 11.2. The first-order valence-electron chi connectivity index (χ1n) is 8.18. The molecule has 1 atom stereocenters. The van der Waals surface area contributed by atoms with Crippen molar-refractivity contribution in [1.82, 2.24) is 15.5 Å². The number of hydrogen-bond donors (Lipinski definition) is 2. The van der Waals surface area contributed by atoms with Crippen molar-refractivity contribution in [3.63, 3.8) is 0 Å². The molecule has 134 valence electrons. The predicted molar refractivity (Wildman–Crippen MR) is 111 cm³/mol. The summed E-state index contributed by atoms with van der Waals surface area (Å²) < 4.78 is 5.50. The van der Waals surface area contributed by atoms with E-state index < -0.39 is 0 Å². The van der Waals surface area contributed by atoms with E-state index in [1.165, 1.54) is 11.1 Å². The Bertz CT molecular complexity index is 530. The number of nitrogens with zero attached hydrogens (tertiary/aromatic N) is 2. The Morgan fingerprint density at radius 3 is 2.75 bits per heavy atom. The van der Waals surface area contributed by atoms with E-state index in [2.05, 4.69) is 58.3 Å². The summed E-state index contributed by atoms with van der Waals surface area (Å²) in [4.78, 5) is 6.74. The van der Waals surface area contributed by atoms with Gasteiger partial charge in [-0.15, -0.1) is 30.6 Å². The minimum Gasteiger partial charge on any atom is -0.379 e. The van der Waals surface area contributed by atoms with Gasteiger partial charge < -0.3 is 15.4 Å². The molecule has 1 saturated heterocycles. The number of rotatable bonds is 6. The van der Waals surface area contributed by atoms with Gasteiger partial charge in [-0.05, 0) is 12.5 Å². The average molecular weight is 444 g/mol. The van der Waals surface area contributed by atoms with Crippen LogP contribution in [0.1, 0.15) is 17.2 Å². The third-order valence-electron chi connectivity index (χ3n) is 4.01. The number of hydrogen-bond acceptors (Lipinski definition) is 3. The van der Waals surface area contributed by atoms with Crippen molar-refractivity contribution in [3.05, 3.63) is 48.0 Å². The molecule has 6 heteroatoms. The van der Waals surface area contributed by atoms with Crippen LogP contribution in [0.3, 0.4) is 0 Å². The Kier molecular flexibility index (Phi) is 9.97. The lowest BCUT2D eigenvalue weighted by molar-refractivity contribution is 0.0170. The quantitative estimate of drug-likeness (QED) is 0.306. The molecule has 1 heterocycles. The van der Waals surface area contributed by atoms with Gasteiger partial charge in [0.25, 0.3) is 0 Å². The number of nitrogens with one attached hydrogen (secondary N) is 2. The molecule has 5 nitrogen and oxygen atoms in total. The highest BCUT2D eigenvalue weighted by Gasteiger charge is 2.22. The molecule has 0 saturated carbocycles. The molecule has 1 fully saturated rings. The van der Waals surface area contributed by atoms with E-state index >= 15 is 0 Å². The zero-order valence-corrected chi connectivity index (χ0v) is 17.0. The Morgan fingerprint density at radius 1 is 1.38 bits per heavy atom. The molecule has 0 aliphatic carbocycles. The zero-order chi connectivity index (χ0) is 16.5. The van der Waals surface area contributed by atoms with Gasteiger partial charge in [-0.1, -0.05) is 35.9 Å². The first-order valence-corrected chi connectivity index (χ1v) is 8.18. The lowest BCUT2D eigenvalue weighted by Crippen LogP contribution is -2.46. The van der Waals surface area contributed by atoms with Crippen molar-refractivity contribution in [2.24, 2.45) is 4.99 Å². The SMILES string of the molecule is C=CCNC(=NC)NCC(c1cccc(C)c1)N1CCOCC1.I. The number of benzene rings is 1. The topological polar surface area (TPSA) is 48.9 Å². The predicted octanol–water partition coefficient (Wildman–Crippen LogP) is 2.34. The van der Waals surface area contributed by atoms with Crippen LogP contribution in [0, 0.1) is 6.92 Å². The average Bonchev–Trinajstić information content (AvgIpc) is 2.59. The molecule has 1 aromatic rings. The minimum absolute atomic E-state index is 0. The van der Waals surface area contributed by atoms with Crippen molar-refractivity contribution in [2.45, 2.75) is 13.0 Å². The molecular formula is C18H29IN4O. The fraction of sp³-hybridized carbons (Fsp3) is 0.500. The Labute approximate surface area is 162 Å². The van der Waals surface area contributed by atoms with Crippen LogP contribution in [-0.2, 0) is 4.74 Å². The number of halogens is 1. The zero-order valence-electron chi connectivity index (χ0n) is 14.6. The molecule has 2 N–H and O–H groups in total. The molecule has 0 bridgehead atoms. The standard InChI is InChI=1S/C18H28N4O.HI/c1-4-8-20-18(19-3)21-14-17(22-9-11-23-12-10-22)16-7-5-6-15(2)13-16;/h4-7,13,17H,1,8-12,14H2,2-3H3,(H2,19,20,21);1H. The Morgan fingerprint density at radius 2 is 2.12 bits per heavy atom. The number of guanidine groups is 1. The van der Waals surface area contributed by atoms with Crippen LogP contribution in [-0.4, -0.2) is 57.3 Å². The Balaban J connectivity index is 0.00000288. The number of aryl methyl sites for hydroxylation is 1. The van der Waals surface area contributed by atoms with E-state index in [9.17, 15) is 0 Å². The van der Waals surface area contributed by atoms with Gasteiger partial charge in [-0.3, -0.25) is 9.89 Å². The van der Waals surface area contributed by atoms with Crippen LogP contribution in [0.15, 0.2) is 41.9 Å². The number of ether oxygens (including phenoxy) is 1. The second kappa shape index (κ2) is 11.4. The van der Waals surface area contributed by atoms with Gasteiger partial charge in [0.15, 0.2) is 5.96 Å². The van der Waals surface area contributed by atoms with Crippen LogP contribution < -0.4 is 10.6 Å². The van der Waals surface area contributed by atoms with E-state index in [1.807, 2.05) is 6.08 Å². The maximum Gasteiger partial charge on any atom is 0.191 e. The second-order valence-electron chi connectivity index (χ2n) is 5.70. The second-order valence-corrected chi connectivity index (χ2v) is 5.70. The fourth-order valence-electron chi connectivity index (χ4n) is 2.81. The van der Waals surface area contributed by atoms with Crippen molar-refractivity contribution in [3.8, 4) is 0 Å². The summed E-state index contributed by atoms with van der Waals surface area (Å²) in [6, 6.07) is 9.04. The van der Waals surface area contributed by atoms with Crippen LogP contribution in [0.25, 0.3) is 0 Å². The van der Waals surface area contributed by atoms with Crippen LogP contribution in [0.5, 0.6) is 0 Å². The highest BCUT2D eigenvalue weighted by Crippen LogP contribution is 2.22. The molecule has 0 aromatic heterocycles. The fourth-order valence-corrected chi connectivity index (χ4v) is 2.81. The normalized spacial score (nSPS) is 16.8. The van der Waals surface area contributed by atoms with Crippen molar-refractivity contribution in [2.75, 3.05) is 46.4 Å². The van der Waals surface area contributed by atoms with E-state index in [0.717, 1.165) is 38.8 Å². The van der Waals surface area contributed by atoms with Crippen molar-refractivity contribution >= 4 is 29.9 Å². The summed E-state index contributed by atoms with van der Waals surface area (Å²) in [5.41, 5.74) is 2.62. The van der Waals surface area contributed by atoms with Crippen LogP contribution >= 0.6 is 24.0 Å². The maximum atomic E-state index is 5.50. The molecule has 24 heavy (non-hydrogen) atoms. The molecule has 1 unspecified atom stereocenters. The summed E-state index contributed by atoms with van der Waals surface area (Å²) in [5, 5.41) is 6.65. The van der Waals surface area contributed by atoms with Crippen LogP contribution in [0.4, 0.5) is 0 Å². The summed E-state index contributed by atoms with van der Waals surface area (Å²) in [6.07, 6.45) is 1.83. The highest BCUT2D eigenvalue weighted by atomic mass is 127.